The number of allylic oxidation sites excluding steroid dienone is 2. The number of hydrogen-bond acceptors (Lipinski definition) is 3. The van der Waals surface area contributed by atoms with E-state index in [2.05, 4.69) is 13.8 Å². The first-order valence-electron chi connectivity index (χ1n) is 5.53. The number of esters is 1. The zero-order chi connectivity index (χ0) is 11.5. The van der Waals surface area contributed by atoms with Crippen LogP contribution in [0, 0.1) is 11.3 Å². The summed E-state index contributed by atoms with van der Waals surface area (Å²) in [4.78, 5) is 11.8. The van der Waals surface area contributed by atoms with Crippen LogP contribution in [0.5, 0.6) is 0 Å². The molecule has 3 heteroatoms. The van der Waals surface area contributed by atoms with Gasteiger partial charge in [-0.25, -0.2) is 0 Å². The topological polar surface area (TPSA) is 52.3 Å². The van der Waals surface area contributed by atoms with Crippen molar-refractivity contribution >= 4 is 5.97 Å². The first-order valence-corrected chi connectivity index (χ1v) is 5.53. The van der Waals surface area contributed by atoms with E-state index in [1.807, 2.05) is 6.08 Å². The number of carbonyl (C=O) groups is 1. The molecule has 0 saturated heterocycles. The Hall–Kier alpha value is -0.990. The summed E-state index contributed by atoms with van der Waals surface area (Å²) in [6, 6.07) is 0. The van der Waals surface area contributed by atoms with Gasteiger partial charge in [-0.1, -0.05) is 19.9 Å². The average Bonchev–Trinajstić information content (AvgIpc) is 2.20. The highest BCUT2D eigenvalue weighted by atomic mass is 16.5. The molecule has 86 valence electrons. The quantitative estimate of drug-likeness (QED) is 0.728. The van der Waals surface area contributed by atoms with Crippen molar-refractivity contribution in [2.45, 2.75) is 39.5 Å². The molecule has 1 atom stereocenters. The van der Waals surface area contributed by atoms with Crippen LogP contribution in [0.4, 0.5) is 0 Å². The largest absolute Gasteiger partial charge is 0.469 e. The summed E-state index contributed by atoms with van der Waals surface area (Å²) in [6.07, 6.45) is 5.21. The third-order valence-corrected chi connectivity index (χ3v) is 3.06. The van der Waals surface area contributed by atoms with E-state index < -0.39 is 0 Å². The lowest BCUT2D eigenvalue weighted by molar-refractivity contribution is -0.154. The van der Waals surface area contributed by atoms with Gasteiger partial charge in [0.05, 0.1) is 12.5 Å². The fraction of sp³-hybridized carbons (Fsp3) is 0.750. The zero-order valence-electron chi connectivity index (χ0n) is 9.88. The number of rotatable bonds is 3. The first-order chi connectivity index (χ1) is 7.00. The standard InChI is InChI=1S/C12H21NO2/c1-9(2)8-12(11(14)15-3)6-4-10(13)5-7-12/h4,9H,5-8,13H2,1-3H3. The van der Waals surface area contributed by atoms with Crippen LogP contribution < -0.4 is 5.73 Å². The second-order valence-corrected chi connectivity index (χ2v) is 4.85. The smallest absolute Gasteiger partial charge is 0.312 e. The van der Waals surface area contributed by atoms with Gasteiger partial charge in [0, 0.05) is 5.70 Å². The maximum atomic E-state index is 11.8. The van der Waals surface area contributed by atoms with E-state index in [0.717, 1.165) is 31.4 Å². The van der Waals surface area contributed by atoms with Crippen LogP contribution in [0.1, 0.15) is 39.5 Å². The molecule has 0 bridgehead atoms. The van der Waals surface area contributed by atoms with Gasteiger partial charge in [0.15, 0.2) is 0 Å². The molecule has 0 aliphatic heterocycles. The molecular formula is C12H21NO2. The Morgan fingerprint density at radius 2 is 2.33 bits per heavy atom. The van der Waals surface area contributed by atoms with Crippen LogP contribution in [0.15, 0.2) is 11.8 Å². The van der Waals surface area contributed by atoms with Gasteiger partial charge < -0.3 is 10.5 Å². The fourth-order valence-electron chi connectivity index (χ4n) is 2.37. The van der Waals surface area contributed by atoms with Gasteiger partial charge in [0.1, 0.15) is 0 Å². The van der Waals surface area contributed by atoms with E-state index in [4.69, 9.17) is 10.5 Å². The lowest BCUT2D eigenvalue weighted by Gasteiger charge is -2.34. The SMILES string of the molecule is COC(=O)C1(CC(C)C)CC=C(N)CC1. The molecule has 0 spiro atoms. The monoisotopic (exact) mass is 211 g/mol. The molecule has 0 amide bonds. The second kappa shape index (κ2) is 4.69. The van der Waals surface area contributed by atoms with Crippen molar-refractivity contribution < 1.29 is 9.53 Å². The molecule has 0 aromatic heterocycles. The first kappa shape index (κ1) is 12.1. The van der Waals surface area contributed by atoms with E-state index in [1.165, 1.54) is 7.11 Å². The minimum Gasteiger partial charge on any atom is -0.469 e. The van der Waals surface area contributed by atoms with Gasteiger partial charge >= 0.3 is 5.97 Å². The predicted octanol–water partition coefficient (Wildman–Crippen LogP) is 2.22. The Bertz CT molecular complexity index is 271. The Kier molecular flexibility index (Phi) is 3.77. The molecule has 0 fully saturated rings. The van der Waals surface area contributed by atoms with Gasteiger partial charge in [-0.3, -0.25) is 4.79 Å². The molecule has 1 aliphatic rings. The molecule has 15 heavy (non-hydrogen) atoms. The number of carbonyl (C=O) groups excluding carboxylic acids is 1. The van der Waals surface area contributed by atoms with Crippen LogP contribution >= 0.6 is 0 Å². The van der Waals surface area contributed by atoms with Crippen molar-refractivity contribution in [3.8, 4) is 0 Å². The number of ether oxygens (including phenoxy) is 1. The molecule has 1 unspecified atom stereocenters. The Balaban J connectivity index is 2.83. The molecule has 0 heterocycles. The van der Waals surface area contributed by atoms with E-state index in [1.54, 1.807) is 0 Å². The highest BCUT2D eigenvalue weighted by molar-refractivity contribution is 5.77. The Morgan fingerprint density at radius 3 is 2.73 bits per heavy atom. The summed E-state index contributed by atoms with van der Waals surface area (Å²) >= 11 is 0. The normalized spacial score (nSPS) is 26.3. The van der Waals surface area contributed by atoms with Crippen LogP contribution in [0.3, 0.4) is 0 Å². The minimum atomic E-state index is -0.328. The lowest BCUT2D eigenvalue weighted by Crippen LogP contribution is -2.36. The van der Waals surface area contributed by atoms with Crippen molar-refractivity contribution in [3.63, 3.8) is 0 Å². The molecule has 0 radical (unpaired) electrons. The fourth-order valence-corrected chi connectivity index (χ4v) is 2.37. The zero-order valence-corrected chi connectivity index (χ0v) is 9.88. The highest BCUT2D eigenvalue weighted by Crippen LogP contribution is 2.40. The summed E-state index contributed by atoms with van der Waals surface area (Å²) < 4.78 is 4.92. The summed E-state index contributed by atoms with van der Waals surface area (Å²) in [7, 11) is 1.46. The molecule has 1 rings (SSSR count). The summed E-state index contributed by atoms with van der Waals surface area (Å²) in [5, 5.41) is 0. The van der Waals surface area contributed by atoms with E-state index in [-0.39, 0.29) is 11.4 Å². The van der Waals surface area contributed by atoms with Gasteiger partial charge in [-0.05, 0) is 31.6 Å². The third-order valence-electron chi connectivity index (χ3n) is 3.06. The molecule has 0 saturated carbocycles. The van der Waals surface area contributed by atoms with Crippen LogP contribution in [-0.2, 0) is 9.53 Å². The van der Waals surface area contributed by atoms with Crippen LogP contribution in [0.2, 0.25) is 0 Å². The van der Waals surface area contributed by atoms with Crippen molar-refractivity contribution in [1.82, 2.24) is 0 Å². The van der Waals surface area contributed by atoms with E-state index in [9.17, 15) is 4.79 Å². The van der Waals surface area contributed by atoms with Crippen LogP contribution in [-0.4, -0.2) is 13.1 Å². The molecule has 2 N–H and O–H groups in total. The molecule has 1 aliphatic carbocycles. The molecular weight excluding hydrogens is 190 g/mol. The summed E-state index contributed by atoms with van der Waals surface area (Å²) in [5.74, 6) is 0.414. The van der Waals surface area contributed by atoms with E-state index in [0.29, 0.717) is 5.92 Å². The predicted molar refractivity (Wildman–Crippen MR) is 60.0 cm³/mol. The maximum Gasteiger partial charge on any atom is 0.312 e. The van der Waals surface area contributed by atoms with E-state index >= 15 is 0 Å². The minimum absolute atomic E-state index is 0.0834. The van der Waals surface area contributed by atoms with Crippen molar-refractivity contribution in [2.75, 3.05) is 7.11 Å². The van der Waals surface area contributed by atoms with Gasteiger partial charge in [0.25, 0.3) is 0 Å². The summed E-state index contributed by atoms with van der Waals surface area (Å²) in [5.41, 5.74) is 6.31. The summed E-state index contributed by atoms with van der Waals surface area (Å²) in [6.45, 7) is 4.26. The van der Waals surface area contributed by atoms with Gasteiger partial charge in [0.2, 0.25) is 0 Å². The van der Waals surface area contributed by atoms with Crippen molar-refractivity contribution in [2.24, 2.45) is 17.1 Å². The van der Waals surface area contributed by atoms with Crippen molar-refractivity contribution in [1.29, 1.82) is 0 Å². The lowest BCUT2D eigenvalue weighted by atomic mass is 9.71. The molecule has 3 nitrogen and oxygen atoms in total. The van der Waals surface area contributed by atoms with Gasteiger partial charge in [-0.2, -0.15) is 0 Å². The number of methoxy groups -OCH3 is 1. The second-order valence-electron chi connectivity index (χ2n) is 4.85. The van der Waals surface area contributed by atoms with Crippen molar-refractivity contribution in [3.05, 3.63) is 11.8 Å². The number of hydrogen-bond donors (Lipinski definition) is 1. The number of nitrogens with two attached hydrogens (primary N) is 1. The Labute approximate surface area is 91.7 Å². The third kappa shape index (κ3) is 2.74. The highest BCUT2D eigenvalue weighted by Gasteiger charge is 2.40. The Morgan fingerprint density at radius 1 is 1.67 bits per heavy atom. The maximum absolute atomic E-state index is 11.8. The van der Waals surface area contributed by atoms with Crippen LogP contribution in [0.25, 0.3) is 0 Å². The molecule has 0 aromatic carbocycles. The molecule has 0 aromatic rings. The van der Waals surface area contributed by atoms with Gasteiger partial charge in [-0.15, -0.1) is 0 Å². The average molecular weight is 211 g/mol.